The third-order valence-electron chi connectivity index (χ3n) is 3.79. The van der Waals surface area contributed by atoms with E-state index >= 15 is 0 Å². The SMILES string of the molecule is CC(C)=C[C@@H]1C=C(C)[C@H](C)[C@H]2C(=O)OC(=O)[C@@H]12. The second-order valence-corrected chi connectivity index (χ2v) is 5.31. The number of allylic oxidation sites excluding steroid dienone is 4. The molecule has 0 saturated carbocycles. The van der Waals surface area contributed by atoms with Crippen LogP contribution in [0.5, 0.6) is 0 Å². The van der Waals surface area contributed by atoms with E-state index in [0.29, 0.717) is 0 Å². The summed E-state index contributed by atoms with van der Waals surface area (Å²) < 4.78 is 4.80. The number of fused-ring (bicyclic) bond motifs is 1. The van der Waals surface area contributed by atoms with Crippen LogP contribution in [0.25, 0.3) is 0 Å². The first-order valence-corrected chi connectivity index (χ1v) is 6.00. The average Bonchev–Trinajstić information content (AvgIpc) is 2.49. The Kier molecular flexibility index (Phi) is 2.94. The van der Waals surface area contributed by atoms with E-state index in [1.54, 1.807) is 0 Å². The Bertz CT molecular complexity index is 427. The number of esters is 2. The summed E-state index contributed by atoms with van der Waals surface area (Å²) in [6.45, 7) is 8.00. The van der Waals surface area contributed by atoms with Crippen LogP contribution in [0.1, 0.15) is 27.7 Å². The van der Waals surface area contributed by atoms with Crippen molar-refractivity contribution in [2.75, 3.05) is 0 Å². The lowest BCUT2D eigenvalue weighted by molar-refractivity contribution is -0.154. The van der Waals surface area contributed by atoms with Gasteiger partial charge in [-0.05, 0) is 26.7 Å². The van der Waals surface area contributed by atoms with Gasteiger partial charge < -0.3 is 4.74 Å². The lowest BCUT2D eigenvalue weighted by Crippen LogP contribution is -2.33. The Morgan fingerprint density at radius 2 is 1.82 bits per heavy atom. The van der Waals surface area contributed by atoms with E-state index in [9.17, 15) is 9.59 Å². The lowest BCUT2D eigenvalue weighted by Gasteiger charge is -2.30. The third-order valence-corrected chi connectivity index (χ3v) is 3.79. The molecule has 92 valence electrons. The van der Waals surface area contributed by atoms with Crippen molar-refractivity contribution in [3.8, 4) is 0 Å². The zero-order chi connectivity index (χ0) is 12.7. The average molecular weight is 234 g/mol. The van der Waals surface area contributed by atoms with Crippen LogP contribution in [0.3, 0.4) is 0 Å². The molecule has 1 heterocycles. The Morgan fingerprint density at radius 1 is 1.24 bits per heavy atom. The monoisotopic (exact) mass is 234 g/mol. The molecule has 0 amide bonds. The molecule has 0 aromatic heterocycles. The molecule has 0 spiro atoms. The highest BCUT2D eigenvalue weighted by molar-refractivity contribution is 5.97. The van der Waals surface area contributed by atoms with E-state index in [2.05, 4.69) is 6.08 Å². The molecule has 0 aromatic carbocycles. The second-order valence-electron chi connectivity index (χ2n) is 5.31. The summed E-state index contributed by atoms with van der Waals surface area (Å²) in [6, 6.07) is 0. The maximum absolute atomic E-state index is 11.8. The Balaban J connectivity index is 2.44. The minimum atomic E-state index is -0.363. The van der Waals surface area contributed by atoms with Gasteiger partial charge in [0.05, 0.1) is 11.8 Å². The van der Waals surface area contributed by atoms with Gasteiger partial charge in [-0.1, -0.05) is 30.2 Å². The summed E-state index contributed by atoms with van der Waals surface area (Å²) in [4.78, 5) is 23.5. The third kappa shape index (κ3) is 1.94. The van der Waals surface area contributed by atoms with Crippen LogP contribution in [-0.2, 0) is 14.3 Å². The van der Waals surface area contributed by atoms with Crippen molar-refractivity contribution in [1.29, 1.82) is 0 Å². The number of carbonyl (C=O) groups excluding carboxylic acids is 2. The maximum atomic E-state index is 11.8. The van der Waals surface area contributed by atoms with Gasteiger partial charge in [-0.25, -0.2) is 0 Å². The van der Waals surface area contributed by atoms with Gasteiger partial charge >= 0.3 is 11.9 Å². The number of ether oxygens (including phenoxy) is 1. The van der Waals surface area contributed by atoms with Crippen LogP contribution < -0.4 is 0 Å². The molecule has 0 radical (unpaired) electrons. The molecule has 0 N–H and O–H groups in total. The van der Waals surface area contributed by atoms with Crippen LogP contribution in [0.15, 0.2) is 23.3 Å². The second kappa shape index (κ2) is 4.13. The minimum absolute atomic E-state index is 0.000139. The van der Waals surface area contributed by atoms with Crippen LogP contribution in [0.2, 0.25) is 0 Å². The van der Waals surface area contributed by atoms with Gasteiger partial charge in [-0.3, -0.25) is 9.59 Å². The topological polar surface area (TPSA) is 43.4 Å². The van der Waals surface area contributed by atoms with Crippen LogP contribution >= 0.6 is 0 Å². The van der Waals surface area contributed by atoms with E-state index in [-0.39, 0.29) is 35.6 Å². The molecule has 1 aliphatic heterocycles. The first kappa shape index (κ1) is 12.1. The van der Waals surface area contributed by atoms with E-state index in [1.165, 1.54) is 5.57 Å². The van der Waals surface area contributed by atoms with Gasteiger partial charge in [0.15, 0.2) is 0 Å². The van der Waals surface area contributed by atoms with Crippen molar-refractivity contribution in [3.63, 3.8) is 0 Å². The molecule has 4 atom stereocenters. The normalized spacial score (nSPS) is 36.1. The Labute approximate surface area is 102 Å². The highest BCUT2D eigenvalue weighted by atomic mass is 16.6. The zero-order valence-corrected chi connectivity index (χ0v) is 10.7. The number of rotatable bonds is 1. The molecule has 17 heavy (non-hydrogen) atoms. The fraction of sp³-hybridized carbons (Fsp3) is 0.571. The van der Waals surface area contributed by atoms with Crippen molar-refractivity contribution in [1.82, 2.24) is 0 Å². The molecule has 3 nitrogen and oxygen atoms in total. The molecule has 1 fully saturated rings. The van der Waals surface area contributed by atoms with E-state index in [1.807, 2.05) is 33.8 Å². The lowest BCUT2D eigenvalue weighted by atomic mass is 9.69. The molecule has 0 bridgehead atoms. The van der Waals surface area contributed by atoms with Gasteiger partial charge in [0.25, 0.3) is 0 Å². The largest absolute Gasteiger partial charge is 0.393 e. The van der Waals surface area contributed by atoms with Crippen molar-refractivity contribution in [2.24, 2.45) is 23.7 Å². The number of carbonyl (C=O) groups is 2. The summed E-state index contributed by atoms with van der Waals surface area (Å²) in [5.41, 5.74) is 2.32. The predicted octanol–water partition coefficient (Wildman–Crippen LogP) is 2.48. The molecule has 2 rings (SSSR count). The first-order chi connectivity index (χ1) is 7.91. The van der Waals surface area contributed by atoms with Crippen molar-refractivity contribution < 1.29 is 14.3 Å². The molecular weight excluding hydrogens is 216 g/mol. The van der Waals surface area contributed by atoms with Crippen LogP contribution in [0.4, 0.5) is 0 Å². The molecule has 0 unspecified atom stereocenters. The van der Waals surface area contributed by atoms with Gasteiger partial charge in [0, 0.05) is 5.92 Å². The smallest absolute Gasteiger partial charge is 0.318 e. The number of hydrogen-bond donors (Lipinski definition) is 0. The van der Waals surface area contributed by atoms with Crippen molar-refractivity contribution in [3.05, 3.63) is 23.3 Å². The highest BCUT2D eigenvalue weighted by Gasteiger charge is 2.51. The van der Waals surface area contributed by atoms with E-state index in [0.717, 1.165) is 5.57 Å². The number of cyclic esters (lactones) is 2. The highest BCUT2D eigenvalue weighted by Crippen LogP contribution is 2.43. The molecule has 0 aromatic rings. The van der Waals surface area contributed by atoms with Gasteiger partial charge in [-0.2, -0.15) is 0 Å². The summed E-state index contributed by atoms with van der Waals surface area (Å²) in [7, 11) is 0. The fourth-order valence-corrected chi connectivity index (χ4v) is 2.82. The maximum Gasteiger partial charge on any atom is 0.318 e. The summed E-state index contributed by atoms with van der Waals surface area (Å²) in [5, 5.41) is 0. The molecule has 3 heteroatoms. The van der Waals surface area contributed by atoms with Crippen molar-refractivity contribution in [2.45, 2.75) is 27.7 Å². The Hall–Kier alpha value is -1.38. The molecule has 1 saturated heterocycles. The van der Waals surface area contributed by atoms with Crippen molar-refractivity contribution >= 4 is 11.9 Å². The molecule has 2 aliphatic rings. The van der Waals surface area contributed by atoms with Crippen LogP contribution in [0, 0.1) is 23.7 Å². The minimum Gasteiger partial charge on any atom is -0.393 e. The van der Waals surface area contributed by atoms with E-state index < -0.39 is 0 Å². The van der Waals surface area contributed by atoms with Crippen LogP contribution in [-0.4, -0.2) is 11.9 Å². The van der Waals surface area contributed by atoms with Gasteiger partial charge in [0.2, 0.25) is 0 Å². The predicted molar refractivity (Wildman–Crippen MR) is 63.9 cm³/mol. The van der Waals surface area contributed by atoms with E-state index in [4.69, 9.17) is 4.74 Å². The zero-order valence-electron chi connectivity index (χ0n) is 10.7. The molecular formula is C14H18O3. The summed E-state index contributed by atoms with van der Waals surface area (Å²) >= 11 is 0. The fourth-order valence-electron chi connectivity index (χ4n) is 2.82. The quantitative estimate of drug-likeness (QED) is 0.397. The van der Waals surface area contributed by atoms with Gasteiger partial charge in [0.1, 0.15) is 0 Å². The standard InChI is InChI=1S/C14H18O3/c1-7(2)5-10-6-8(3)9(4)11-12(10)14(16)17-13(11)15/h5-6,9-12H,1-4H3/t9-,10+,11+,12-/m0/s1. The Morgan fingerprint density at radius 3 is 2.41 bits per heavy atom. The molecule has 1 aliphatic carbocycles. The first-order valence-electron chi connectivity index (χ1n) is 6.00. The number of hydrogen-bond acceptors (Lipinski definition) is 3. The van der Waals surface area contributed by atoms with Gasteiger partial charge in [-0.15, -0.1) is 0 Å². The summed E-state index contributed by atoms with van der Waals surface area (Å²) in [5.74, 6) is -1.24. The summed E-state index contributed by atoms with van der Waals surface area (Å²) in [6.07, 6.45) is 4.14.